The van der Waals surface area contributed by atoms with Gasteiger partial charge in [0.15, 0.2) is 5.84 Å². The lowest BCUT2D eigenvalue weighted by molar-refractivity contribution is -0.117. The fraction of sp³-hybridized carbons (Fsp3) is 0.467. The molecule has 0 saturated carbocycles. The monoisotopic (exact) mass is 355 g/mol. The average molecular weight is 356 g/mol. The van der Waals surface area contributed by atoms with E-state index in [0.717, 1.165) is 0 Å². The number of halogens is 1. The van der Waals surface area contributed by atoms with Gasteiger partial charge < -0.3 is 16.3 Å². The van der Waals surface area contributed by atoms with Crippen LogP contribution in [0.1, 0.15) is 39.7 Å². The Bertz CT molecular complexity index is 550. The molecule has 1 atom stereocenters. The summed E-state index contributed by atoms with van der Waals surface area (Å²) in [5, 5.41) is 14.5. The number of hydrogen-bond donors (Lipinski definition) is 3. The first-order valence-corrected chi connectivity index (χ1v) is 7.51. The number of rotatable bonds is 4. The minimum atomic E-state index is -0.0327. The standard InChI is InChI=1S/C15H22BrN3O2/c1-9(15(2,3)4)7-13(20)18-12-6-5-10(8-11(12)16)14(17)19-21/h5-6,8-9,21H,7H2,1-4H3,(H2,17,19)(H,18,20). The summed E-state index contributed by atoms with van der Waals surface area (Å²) in [6.07, 6.45) is 0.456. The van der Waals surface area contributed by atoms with Gasteiger partial charge in [-0.2, -0.15) is 0 Å². The van der Waals surface area contributed by atoms with Gasteiger partial charge in [0.2, 0.25) is 5.91 Å². The second-order valence-corrected chi connectivity index (χ2v) is 7.05. The van der Waals surface area contributed by atoms with Gasteiger partial charge in [-0.05, 0) is 45.5 Å². The maximum atomic E-state index is 12.1. The van der Waals surface area contributed by atoms with Crippen molar-refractivity contribution in [2.45, 2.75) is 34.1 Å². The Kier molecular flexibility index (Phi) is 5.78. The molecule has 1 amide bonds. The topological polar surface area (TPSA) is 87.7 Å². The molecule has 0 heterocycles. The SMILES string of the molecule is CC(CC(=O)Nc1ccc(/C(N)=N/O)cc1Br)C(C)(C)C. The molecule has 0 saturated heterocycles. The molecule has 0 radical (unpaired) electrons. The van der Waals surface area contributed by atoms with Crippen LogP contribution in [0.15, 0.2) is 27.8 Å². The Morgan fingerprint density at radius 1 is 1.48 bits per heavy atom. The van der Waals surface area contributed by atoms with Gasteiger partial charge in [0.05, 0.1) is 5.69 Å². The molecule has 0 bridgehead atoms. The molecule has 0 fully saturated rings. The Morgan fingerprint density at radius 2 is 2.10 bits per heavy atom. The van der Waals surface area contributed by atoms with E-state index in [4.69, 9.17) is 10.9 Å². The van der Waals surface area contributed by atoms with Crippen molar-refractivity contribution in [3.63, 3.8) is 0 Å². The van der Waals surface area contributed by atoms with Gasteiger partial charge in [-0.25, -0.2) is 0 Å². The van der Waals surface area contributed by atoms with Crippen molar-refractivity contribution in [2.24, 2.45) is 22.2 Å². The molecule has 6 heteroatoms. The summed E-state index contributed by atoms with van der Waals surface area (Å²) in [4.78, 5) is 12.1. The van der Waals surface area contributed by atoms with Crippen molar-refractivity contribution in [1.82, 2.24) is 0 Å². The second-order valence-electron chi connectivity index (χ2n) is 6.20. The number of carbonyl (C=O) groups excluding carboxylic acids is 1. The smallest absolute Gasteiger partial charge is 0.224 e. The molecule has 1 aromatic carbocycles. The van der Waals surface area contributed by atoms with Crippen LogP contribution in [-0.4, -0.2) is 17.0 Å². The fourth-order valence-corrected chi connectivity index (χ4v) is 2.10. The third-order valence-corrected chi connectivity index (χ3v) is 4.27. The van der Waals surface area contributed by atoms with E-state index in [2.05, 4.69) is 54.1 Å². The van der Waals surface area contributed by atoms with Crippen LogP contribution >= 0.6 is 15.9 Å². The summed E-state index contributed by atoms with van der Waals surface area (Å²) >= 11 is 3.37. The van der Waals surface area contributed by atoms with Crippen LogP contribution in [0.5, 0.6) is 0 Å². The molecule has 0 aromatic heterocycles. The fourth-order valence-electron chi connectivity index (χ4n) is 1.62. The molecule has 0 aliphatic heterocycles. The first-order valence-electron chi connectivity index (χ1n) is 6.72. The number of nitrogens with one attached hydrogen (secondary N) is 1. The van der Waals surface area contributed by atoms with Crippen molar-refractivity contribution >= 4 is 33.4 Å². The number of hydrogen-bond acceptors (Lipinski definition) is 3. The van der Waals surface area contributed by atoms with E-state index in [1.54, 1.807) is 18.2 Å². The van der Waals surface area contributed by atoms with Gasteiger partial charge in [-0.1, -0.05) is 32.9 Å². The van der Waals surface area contributed by atoms with Gasteiger partial charge in [0.25, 0.3) is 0 Å². The van der Waals surface area contributed by atoms with Crippen molar-refractivity contribution in [3.8, 4) is 0 Å². The first-order chi connectivity index (χ1) is 9.65. The highest BCUT2D eigenvalue weighted by Crippen LogP contribution is 2.29. The molecule has 21 heavy (non-hydrogen) atoms. The van der Waals surface area contributed by atoms with Crippen LogP contribution < -0.4 is 11.1 Å². The average Bonchev–Trinajstić information content (AvgIpc) is 2.38. The third kappa shape index (κ3) is 5.04. The molecular formula is C15H22BrN3O2. The lowest BCUT2D eigenvalue weighted by atomic mass is 9.80. The maximum absolute atomic E-state index is 12.1. The highest BCUT2D eigenvalue weighted by Gasteiger charge is 2.22. The molecular weight excluding hydrogens is 334 g/mol. The van der Waals surface area contributed by atoms with E-state index < -0.39 is 0 Å². The van der Waals surface area contributed by atoms with E-state index >= 15 is 0 Å². The van der Waals surface area contributed by atoms with E-state index in [1.165, 1.54) is 0 Å². The second kappa shape index (κ2) is 6.93. The number of oxime groups is 1. The van der Waals surface area contributed by atoms with Crippen LogP contribution in [0.2, 0.25) is 0 Å². The normalized spacial score (nSPS) is 13.9. The summed E-state index contributed by atoms with van der Waals surface area (Å²) in [5.74, 6) is 0.261. The Labute approximate surface area is 133 Å². The third-order valence-electron chi connectivity index (χ3n) is 3.62. The lowest BCUT2D eigenvalue weighted by Gasteiger charge is -2.26. The number of carbonyl (C=O) groups is 1. The van der Waals surface area contributed by atoms with E-state index in [0.29, 0.717) is 22.1 Å². The summed E-state index contributed by atoms with van der Waals surface area (Å²) in [6, 6.07) is 5.09. The number of anilines is 1. The number of nitrogens with two attached hydrogens (primary N) is 1. The van der Waals surface area contributed by atoms with Crippen molar-refractivity contribution < 1.29 is 10.0 Å². The van der Waals surface area contributed by atoms with Gasteiger partial charge in [-0.15, -0.1) is 0 Å². The zero-order chi connectivity index (χ0) is 16.2. The molecule has 1 aromatic rings. The van der Waals surface area contributed by atoms with Gasteiger partial charge in [0, 0.05) is 16.5 Å². The predicted molar refractivity (Wildman–Crippen MR) is 88.5 cm³/mol. The largest absolute Gasteiger partial charge is 0.409 e. The van der Waals surface area contributed by atoms with Crippen LogP contribution in [0.3, 0.4) is 0 Å². The van der Waals surface area contributed by atoms with E-state index in [-0.39, 0.29) is 23.1 Å². The highest BCUT2D eigenvalue weighted by atomic mass is 79.9. The number of amidine groups is 1. The Morgan fingerprint density at radius 3 is 2.57 bits per heavy atom. The first kappa shape index (κ1) is 17.5. The quantitative estimate of drug-likeness (QED) is 0.334. The van der Waals surface area contributed by atoms with Crippen molar-refractivity contribution in [3.05, 3.63) is 28.2 Å². The van der Waals surface area contributed by atoms with Crippen LogP contribution in [0.25, 0.3) is 0 Å². The summed E-state index contributed by atoms with van der Waals surface area (Å²) < 4.78 is 0.684. The summed E-state index contributed by atoms with van der Waals surface area (Å²) in [5.41, 5.74) is 6.84. The van der Waals surface area contributed by atoms with Crippen LogP contribution in [-0.2, 0) is 4.79 Å². The molecule has 1 unspecified atom stereocenters. The van der Waals surface area contributed by atoms with E-state index in [9.17, 15) is 4.79 Å². The molecule has 0 aliphatic carbocycles. The molecule has 116 valence electrons. The Balaban J connectivity index is 2.78. The minimum Gasteiger partial charge on any atom is -0.409 e. The predicted octanol–water partition coefficient (Wildman–Crippen LogP) is 3.55. The number of benzene rings is 1. The van der Waals surface area contributed by atoms with Crippen LogP contribution in [0.4, 0.5) is 5.69 Å². The molecule has 0 spiro atoms. The van der Waals surface area contributed by atoms with Crippen LogP contribution in [0, 0.1) is 11.3 Å². The lowest BCUT2D eigenvalue weighted by Crippen LogP contribution is -2.24. The van der Waals surface area contributed by atoms with Gasteiger partial charge in [0.1, 0.15) is 0 Å². The molecule has 5 nitrogen and oxygen atoms in total. The van der Waals surface area contributed by atoms with Crippen molar-refractivity contribution in [1.29, 1.82) is 0 Å². The van der Waals surface area contributed by atoms with Gasteiger partial charge in [-0.3, -0.25) is 4.79 Å². The zero-order valence-electron chi connectivity index (χ0n) is 12.8. The van der Waals surface area contributed by atoms with Gasteiger partial charge >= 0.3 is 0 Å². The summed E-state index contributed by atoms with van der Waals surface area (Å²) in [7, 11) is 0. The number of nitrogens with zero attached hydrogens (tertiary/aromatic N) is 1. The zero-order valence-corrected chi connectivity index (χ0v) is 14.4. The maximum Gasteiger partial charge on any atom is 0.224 e. The molecule has 4 N–H and O–H groups in total. The summed E-state index contributed by atoms with van der Waals surface area (Å²) in [6.45, 7) is 8.42. The van der Waals surface area contributed by atoms with Crippen molar-refractivity contribution in [2.75, 3.05) is 5.32 Å². The van der Waals surface area contributed by atoms with E-state index in [1.807, 2.05) is 0 Å². The Hall–Kier alpha value is -1.56. The highest BCUT2D eigenvalue weighted by molar-refractivity contribution is 9.10. The number of amides is 1. The minimum absolute atomic E-state index is 0.0231. The molecule has 0 aliphatic rings. The molecule has 1 rings (SSSR count).